The number of likely N-dealkylation sites (tertiary alicyclic amines) is 1. The zero-order valence-electron chi connectivity index (χ0n) is 14.6. The van der Waals surface area contributed by atoms with Crippen LogP contribution in [0.4, 0.5) is 4.79 Å². The van der Waals surface area contributed by atoms with E-state index in [1.54, 1.807) is 6.20 Å². The summed E-state index contributed by atoms with van der Waals surface area (Å²) in [5.41, 5.74) is 3.25. The molecule has 7 nitrogen and oxygen atoms in total. The first kappa shape index (κ1) is 17.5. The van der Waals surface area contributed by atoms with Crippen LogP contribution in [0.5, 0.6) is 0 Å². The maximum absolute atomic E-state index is 12.1. The number of piperidine rings is 1. The van der Waals surface area contributed by atoms with Crippen molar-refractivity contribution < 1.29 is 9.90 Å². The maximum Gasteiger partial charge on any atom is 0.407 e. The van der Waals surface area contributed by atoms with Crippen molar-refractivity contribution in [2.24, 2.45) is 0 Å². The van der Waals surface area contributed by atoms with E-state index in [1.807, 2.05) is 28.8 Å². The van der Waals surface area contributed by atoms with Gasteiger partial charge in [0.15, 0.2) is 4.77 Å². The zero-order chi connectivity index (χ0) is 19.0. The van der Waals surface area contributed by atoms with Gasteiger partial charge in [0.1, 0.15) is 5.52 Å². The predicted octanol–water partition coefficient (Wildman–Crippen LogP) is 3.29. The number of amides is 1. The number of rotatable bonds is 3. The molecule has 1 unspecified atom stereocenters. The molecule has 2 aromatic heterocycles. The summed E-state index contributed by atoms with van der Waals surface area (Å²) in [5, 5.41) is 9.34. The number of nitrogens with one attached hydrogen (secondary N) is 2. The quantitative estimate of drug-likeness (QED) is 0.604. The summed E-state index contributed by atoms with van der Waals surface area (Å²) < 4.78 is 2.27. The molecule has 1 aromatic carbocycles. The van der Waals surface area contributed by atoms with Crippen molar-refractivity contribution in [3.05, 3.63) is 62.8 Å². The van der Waals surface area contributed by atoms with Crippen LogP contribution in [0.2, 0.25) is 0 Å². The molecule has 1 saturated heterocycles. The van der Waals surface area contributed by atoms with Crippen molar-refractivity contribution in [2.75, 3.05) is 13.1 Å². The van der Waals surface area contributed by atoms with Gasteiger partial charge in [0.05, 0.1) is 12.1 Å². The summed E-state index contributed by atoms with van der Waals surface area (Å²) in [4.78, 5) is 30.6. The molecule has 3 aromatic rings. The number of nitrogens with zero attached hydrogens (tertiary/aromatic N) is 2. The smallest absolute Gasteiger partial charge is 0.407 e. The highest BCUT2D eigenvalue weighted by atomic mass is 32.1. The molecule has 3 N–H and O–H groups in total. The number of aromatic amines is 2. The van der Waals surface area contributed by atoms with Crippen molar-refractivity contribution in [1.82, 2.24) is 19.4 Å². The van der Waals surface area contributed by atoms with E-state index in [2.05, 4.69) is 16.0 Å². The third-order valence-electron chi connectivity index (χ3n) is 5.22. The number of benzene rings is 1. The molecule has 1 aliphatic rings. The average molecular weight is 384 g/mol. The highest BCUT2D eigenvalue weighted by Gasteiger charge is 2.26. The van der Waals surface area contributed by atoms with E-state index in [0.717, 1.165) is 29.5 Å². The van der Waals surface area contributed by atoms with Gasteiger partial charge in [-0.3, -0.25) is 9.78 Å². The van der Waals surface area contributed by atoms with Crippen molar-refractivity contribution in [2.45, 2.75) is 25.3 Å². The second-order valence-corrected chi connectivity index (χ2v) is 7.24. The highest BCUT2D eigenvalue weighted by Crippen LogP contribution is 2.30. The van der Waals surface area contributed by atoms with Gasteiger partial charge in [-0.05, 0) is 42.3 Å². The third-order valence-corrected chi connectivity index (χ3v) is 5.55. The number of carbonyl (C=O) groups is 1. The molecule has 1 atom stereocenters. The maximum atomic E-state index is 12.1. The number of hydrogen-bond acceptors (Lipinski definition) is 3. The monoisotopic (exact) mass is 384 g/mol. The summed E-state index contributed by atoms with van der Waals surface area (Å²) >= 11 is 5.39. The van der Waals surface area contributed by atoms with Gasteiger partial charge >= 0.3 is 6.09 Å². The molecule has 1 fully saturated rings. The van der Waals surface area contributed by atoms with Crippen LogP contribution in [0.25, 0.3) is 11.0 Å². The van der Waals surface area contributed by atoms with Crippen LogP contribution in [0, 0.1) is 4.77 Å². The van der Waals surface area contributed by atoms with E-state index in [1.165, 1.54) is 4.90 Å². The van der Waals surface area contributed by atoms with Gasteiger partial charge in [0.25, 0.3) is 5.56 Å². The topological polar surface area (TPSA) is 94.1 Å². The summed E-state index contributed by atoms with van der Waals surface area (Å²) in [6, 6.07) is 9.90. The lowest BCUT2D eigenvalue weighted by molar-refractivity contribution is 0.130. The van der Waals surface area contributed by atoms with Crippen LogP contribution < -0.4 is 5.56 Å². The van der Waals surface area contributed by atoms with E-state index >= 15 is 0 Å². The summed E-state index contributed by atoms with van der Waals surface area (Å²) in [7, 11) is 0. The van der Waals surface area contributed by atoms with Crippen molar-refractivity contribution >= 4 is 29.3 Å². The van der Waals surface area contributed by atoms with Crippen LogP contribution in [0.1, 0.15) is 29.9 Å². The first-order valence-electron chi connectivity index (χ1n) is 8.90. The lowest BCUT2D eigenvalue weighted by Crippen LogP contribution is -2.38. The lowest BCUT2D eigenvalue weighted by atomic mass is 9.87. The third kappa shape index (κ3) is 3.28. The van der Waals surface area contributed by atoms with Gasteiger partial charge in [-0.15, -0.1) is 0 Å². The lowest BCUT2D eigenvalue weighted by Gasteiger charge is -2.32. The van der Waals surface area contributed by atoms with E-state index < -0.39 is 6.09 Å². The molecular formula is C19H20N4O3S. The molecule has 0 aliphatic carbocycles. The van der Waals surface area contributed by atoms with E-state index in [0.29, 0.717) is 29.9 Å². The molecule has 1 amide bonds. The van der Waals surface area contributed by atoms with Gasteiger partial charge in [-0.2, -0.15) is 0 Å². The van der Waals surface area contributed by atoms with Gasteiger partial charge in [0, 0.05) is 25.2 Å². The number of carboxylic acid groups (broad SMARTS) is 1. The van der Waals surface area contributed by atoms with Crippen LogP contribution >= 0.6 is 12.2 Å². The van der Waals surface area contributed by atoms with Crippen LogP contribution in [-0.4, -0.2) is 43.7 Å². The molecule has 140 valence electrons. The minimum atomic E-state index is -0.867. The molecule has 0 saturated carbocycles. The number of H-pyrrole nitrogens is 2. The Morgan fingerprint density at radius 1 is 1.30 bits per heavy atom. The molecule has 0 spiro atoms. The van der Waals surface area contributed by atoms with Gasteiger partial charge in [-0.1, -0.05) is 24.3 Å². The predicted molar refractivity (Wildman–Crippen MR) is 105 cm³/mol. The van der Waals surface area contributed by atoms with Crippen LogP contribution in [-0.2, 0) is 6.54 Å². The minimum absolute atomic E-state index is 0.157. The number of hydrogen-bond donors (Lipinski definition) is 3. The van der Waals surface area contributed by atoms with Gasteiger partial charge < -0.3 is 19.6 Å². The van der Waals surface area contributed by atoms with E-state index in [-0.39, 0.29) is 11.5 Å². The Bertz CT molecular complexity index is 1110. The van der Waals surface area contributed by atoms with Crippen molar-refractivity contribution in [1.29, 1.82) is 0 Å². The van der Waals surface area contributed by atoms with Crippen LogP contribution in [0.15, 0.2) is 41.3 Å². The van der Waals surface area contributed by atoms with E-state index in [4.69, 9.17) is 12.2 Å². The Balaban J connectivity index is 1.73. The molecule has 0 radical (unpaired) electrons. The Hall–Kier alpha value is -2.87. The van der Waals surface area contributed by atoms with E-state index in [9.17, 15) is 14.7 Å². The molecule has 3 heterocycles. The summed E-state index contributed by atoms with van der Waals surface area (Å²) in [5.74, 6) is 0.157. The largest absolute Gasteiger partial charge is 0.465 e. The molecule has 1 aliphatic heterocycles. The SMILES string of the molecule is O=C(O)N1CCCC(c2ccccc2Cn2c(=S)[nH]c(=O)c3[nH]ccc32)C1. The second-order valence-electron chi connectivity index (χ2n) is 6.85. The van der Waals surface area contributed by atoms with Crippen molar-refractivity contribution in [3.63, 3.8) is 0 Å². The highest BCUT2D eigenvalue weighted by molar-refractivity contribution is 7.71. The Morgan fingerprint density at radius 2 is 2.11 bits per heavy atom. The molecule has 8 heteroatoms. The van der Waals surface area contributed by atoms with Gasteiger partial charge in [-0.25, -0.2) is 4.79 Å². The molecular weight excluding hydrogens is 364 g/mol. The Kier molecular flexibility index (Phi) is 4.57. The first-order chi connectivity index (χ1) is 13.0. The standard InChI is InChI=1S/C19H20N4O3S/c24-17-16-15(7-8-20-16)23(18(27)21-17)11-13-4-1-2-6-14(13)12-5-3-9-22(10-12)19(25)26/h1-2,4,6-8,12,20H,3,5,9-11H2,(H,25,26)(H,21,24,27). The molecule has 4 rings (SSSR count). The fourth-order valence-electron chi connectivity index (χ4n) is 3.91. The Morgan fingerprint density at radius 3 is 2.93 bits per heavy atom. The minimum Gasteiger partial charge on any atom is -0.465 e. The normalized spacial score (nSPS) is 17.3. The second kappa shape index (κ2) is 7.03. The fraction of sp³-hybridized carbons (Fsp3) is 0.316. The number of fused-ring (bicyclic) bond motifs is 1. The Labute approximate surface area is 160 Å². The fourth-order valence-corrected chi connectivity index (χ4v) is 4.17. The summed E-state index contributed by atoms with van der Waals surface area (Å²) in [6.45, 7) is 1.61. The first-order valence-corrected chi connectivity index (χ1v) is 9.31. The molecule has 27 heavy (non-hydrogen) atoms. The average Bonchev–Trinajstić information content (AvgIpc) is 3.16. The number of aromatic nitrogens is 3. The molecule has 0 bridgehead atoms. The van der Waals surface area contributed by atoms with Gasteiger partial charge in [0.2, 0.25) is 0 Å². The zero-order valence-corrected chi connectivity index (χ0v) is 15.5. The van der Waals surface area contributed by atoms with Crippen LogP contribution in [0.3, 0.4) is 0 Å². The van der Waals surface area contributed by atoms with Crippen molar-refractivity contribution in [3.8, 4) is 0 Å². The summed E-state index contributed by atoms with van der Waals surface area (Å²) in [6.07, 6.45) is 2.67.